The zero-order chi connectivity index (χ0) is 25.7. The monoisotopic (exact) mass is 504 g/mol. The number of halogens is 1. The molecule has 7 nitrogen and oxygen atoms in total. The fraction of sp³-hybridized carbons (Fsp3) is 0.111. The maximum absolute atomic E-state index is 13.9. The van der Waals surface area contributed by atoms with Crippen LogP contribution in [0.15, 0.2) is 77.7 Å². The third-order valence-electron chi connectivity index (χ3n) is 5.27. The van der Waals surface area contributed by atoms with Crippen LogP contribution in [0.4, 0.5) is 14.9 Å². The Hall–Kier alpha value is -4.24. The number of imide groups is 1. The van der Waals surface area contributed by atoms with E-state index in [1.165, 1.54) is 36.4 Å². The summed E-state index contributed by atoms with van der Waals surface area (Å²) in [7, 11) is 0. The van der Waals surface area contributed by atoms with Crippen molar-refractivity contribution in [1.29, 1.82) is 0 Å². The SMILES string of the molecule is Cc1ccc(NC(=O)COC(=O)c2ccc(/C=C3\SC(=O)N(Cc4ccccc4F)C3=O)cc2)cc1. The molecule has 0 atom stereocenters. The average molecular weight is 505 g/mol. The summed E-state index contributed by atoms with van der Waals surface area (Å²) in [5.74, 6) is -2.15. The molecule has 1 aliphatic rings. The average Bonchev–Trinajstić information content (AvgIpc) is 3.13. The topological polar surface area (TPSA) is 92.8 Å². The predicted molar refractivity (Wildman–Crippen MR) is 134 cm³/mol. The van der Waals surface area contributed by atoms with E-state index in [1.807, 2.05) is 19.1 Å². The Morgan fingerprint density at radius 2 is 1.69 bits per heavy atom. The highest BCUT2D eigenvalue weighted by Gasteiger charge is 2.35. The van der Waals surface area contributed by atoms with Crippen molar-refractivity contribution in [2.24, 2.45) is 0 Å². The fourth-order valence-electron chi connectivity index (χ4n) is 3.35. The van der Waals surface area contributed by atoms with E-state index in [-0.39, 0.29) is 22.6 Å². The highest BCUT2D eigenvalue weighted by molar-refractivity contribution is 8.18. The molecule has 1 heterocycles. The van der Waals surface area contributed by atoms with Crippen LogP contribution in [-0.4, -0.2) is 34.5 Å². The van der Waals surface area contributed by atoms with Gasteiger partial charge in [-0.1, -0.05) is 48.0 Å². The summed E-state index contributed by atoms with van der Waals surface area (Å²) in [5, 5.41) is 2.16. The molecule has 0 spiro atoms. The van der Waals surface area contributed by atoms with Gasteiger partial charge in [-0.2, -0.15) is 0 Å². The number of rotatable bonds is 7. The molecule has 0 unspecified atom stereocenters. The van der Waals surface area contributed by atoms with Crippen LogP contribution < -0.4 is 5.32 Å². The van der Waals surface area contributed by atoms with Gasteiger partial charge in [0.1, 0.15) is 5.82 Å². The first-order valence-electron chi connectivity index (χ1n) is 10.9. The molecular formula is C27H21FN2O5S. The minimum absolute atomic E-state index is 0.156. The van der Waals surface area contributed by atoms with E-state index in [9.17, 15) is 23.6 Å². The molecule has 3 aromatic carbocycles. The molecule has 1 aliphatic heterocycles. The molecule has 1 saturated heterocycles. The number of esters is 1. The summed E-state index contributed by atoms with van der Waals surface area (Å²) in [6.07, 6.45) is 1.52. The third kappa shape index (κ3) is 6.05. The summed E-state index contributed by atoms with van der Waals surface area (Å²) in [6.45, 7) is 1.34. The fourth-order valence-corrected chi connectivity index (χ4v) is 4.19. The Labute approximate surface area is 210 Å². The first-order chi connectivity index (χ1) is 17.3. The minimum atomic E-state index is -0.675. The van der Waals surface area contributed by atoms with E-state index >= 15 is 0 Å². The van der Waals surface area contributed by atoms with Crippen molar-refractivity contribution in [3.05, 3.63) is 106 Å². The lowest BCUT2D eigenvalue weighted by atomic mass is 10.1. The molecule has 3 amide bonds. The van der Waals surface area contributed by atoms with E-state index in [2.05, 4.69) is 5.32 Å². The van der Waals surface area contributed by atoms with Crippen LogP contribution in [0.25, 0.3) is 6.08 Å². The molecule has 3 aromatic rings. The summed E-state index contributed by atoms with van der Waals surface area (Å²) in [4.78, 5) is 50.5. The van der Waals surface area contributed by atoms with Crippen molar-refractivity contribution < 1.29 is 28.3 Å². The van der Waals surface area contributed by atoms with E-state index in [1.54, 1.807) is 30.3 Å². The van der Waals surface area contributed by atoms with Gasteiger partial charge in [0.2, 0.25) is 0 Å². The number of thioether (sulfide) groups is 1. The maximum Gasteiger partial charge on any atom is 0.338 e. The number of aryl methyl sites for hydroxylation is 1. The molecule has 4 rings (SSSR count). The van der Waals surface area contributed by atoms with Gasteiger partial charge in [-0.3, -0.25) is 19.3 Å². The normalized spacial score (nSPS) is 14.3. The first-order valence-corrected chi connectivity index (χ1v) is 11.7. The van der Waals surface area contributed by atoms with Crippen LogP contribution in [0.2, 0.25) is 0 Å². The first kappa shape index (κ1) is 24.9. The van der Waals surface area contributed by atoms with Gasteiger partial charge in [-0.05, 0) is 60.7 Å². The van der Waals surface area contributed by atoms with Crippen molar-refractivity contribution in [3.8, 4) is 0 Å². The largest absolute Gasteiger partial charge is 0.452 e. The molecule has 0 saturated carbocycles. The van der Waals surface area contributed by atoms with E-state index < -0.39 is 35.4 Å². The number of amides is 3. The molecule has 1 N–H and O–H groups in total. The Morgan fingerprint density at radius 3 is 2.39 bits per heavy atom. The van der Waals surface area contributed by atoms with E-state index in [0.29, 0.717) is 11.3 Å². The summed E-state index contributed by atoms with van der Waals surface area (Å²) in [5.41, 5.74) is 2.71. The molecule has 36 heavy (non-hydrogen) atoms. The number of anilines is 1. The van der Waals surface area contributed by atoms with Crippen molar-refractivity contribution in [2.75, 3.05) is 11.9 Å². The van der Waals surface area contributed by atoms with Gasteiger partial charge >= 0.3 is 5.97 Å². The van der Waals surface area contributed by atoms with Crippen molar-refractivity contribution >= 4 is 46.5 Å². The molecule has 182 valence electrons. The highest BCUT2D eigenvalue weighted by atomic mass is 32.2. The number of nitrogens with one attached hydrogen (secondary N) is 1. The predicted octanol–water partition coefficient (Wildman–Crippen LogP) is 5.17. The standard InChI is InChI=1S/C27H21FN2O5S/c1-17-6-12-21(13-7-17)29-24(31)16-35-26(33)19-10-8-18(9-11-19)14-23-25(32)30(27(34)36-23)15-20-4-2-3-5-22(20)28/h2-14H,15-16H2,1H3,(H,29,31)/b23-14-. The summed E-state index contributed by atoms with van der Waals surface area (Å²) >= 11 is 0.765. The van der Waals surface area contributed by atoms with Crippen molar-refractivity contribution in [1.82, 2.24) is 4.90 Å². The molecule has 1 fully saturated rings. The molecule has 9 heteroatoms. The lowest BCUT2D eigenvalue weighted by Gasteiger charge is -2.12. The van der Waals surface area contributed by atoms with Gasteiger partial charge in [0.25, 0.3) is 17.1 Å². The van der Waals surface area contributed by atoms with Gasteiger partial charge < -0.3 is 10.1 Å². The second-order valence-corrected chi connectivity index (χ2v) is 8.96. The van der Waals surface area contributed by atoms with Crippen LogP contribution in [0, 0.1) is 12.7 Å². The summed E-state index contributed by atoms with van der Waals surface area (Å²) in [6, 6.07) is 19.3. The Bertz CT molecular complexity index is 1350. The molecule has 0 aromatic heterocycles. The Balaban J connectivity index is 1.34. The molecule has 0 bridgehead atoms. The lowest BCUT2D eigenvalue weighted by Crippen LogP contribution is -2.27. The zero-order valence-corrected chi connectivity index (χ0v) is 20.0. The highest BCUT2D eigenvalue weighted by Crippen LogP contribution is 2.33. The van der Waals surface area contributed by atoms with Gasteiger partial charge in [-0.25, -0.2) is 9.18 Å². The van der Waals surface area contributed by atoms with Crippen molar-refractivity contribution in [2.45, 2.75) is 13.5 Å². The van der Waals surface area contributed by atoms with Crippen molar-refractivity contribution in [3.63, 3.8) is 0 Å². The molecular weight excluding hydrogens is 483 g/mol. The van der Waals surface area contributed by atoms with Gasteiger partial charge in [0, 0.05) is 11.3 Å². The number of nitrogens with zero attached hydrogens (tertiary/aromatic N) is 1. The quantitative estimate of drug-likeness (QED) is 0.353. The van der Waals surface area contributed by atoms with E-state index in [4.69, 9.17) is 4.74 Å². The molecule has 0 aliphatic carbocycles. The van der Waals surface area contributed by atoms with Crippen LogP contribution in [0.3, 0.4) is 0 Å². The number of carbonyl (C=O) groups is 4. The second-order valence-electron chi connectivity index (χ2n) is 7.97. The van der Waals surface area contributed by atoms with Gasteiger partial charge in [0.05, 0.1) is 17.0 Å². The van der Waals surface area contributed by atoms with Crippen LogP contribution in [-0.2, 0) is 20.9 Å². The van der Waals surface area contributed by atoms with Crippen LogP contribution in [0.5, 0.6) is 0 Å². The third-order valence-corrected chi connectivity index (χ3v) is 6.18. The van der Waals surface area contributed by atoms with Gasteiger partial charge in [0.15, 0.2) is 6.61 Å². The number of hydrogen-bond donors (Lipinski definition) is 1. The zero-order valence-electron chi connectivity index (χ0n) is 19.2. The number of carbonyl (C=O) groups excluding carboxylic acids is 4. The minimum Gasteiger partial charge on any atom is -0.452 e. The molecule has 0 radical (unpaired) electrons. The summed E-state index contributed by atoms with van der Waals surface area (Å²) < 4.78 is 19.0. The van der Waals surface area contributed by atoms with Crippen LogP contribution >= 0.6 is 11.8 Å². The smallest absolute Gasteiger partial charge is 0.338 e. The van der Waals surface area contributed by atoms with Gasteiger partial charge in [-0.15, -0.1) is 0 Å². The Morgan fingerprint density at radius 1 is 1.00 bits per heavy atom. The number of ether oxygens (including phenoxy) is 1. The lowest BCUT2D eigenvalue weighted by molar-refractivity contribution is -0.123. The van der Waals surface area contributed by atoms with Crippen LogP contribution in [0.1, 0.15) is 27.0 Å². The maximum atomic E-state index is 13.9. The number of hydrogen-bond acceptors (Lipinski definition) is 6. The number of benzene rings is 3. The Kier molecular flexibility index (Phi) is 7.60. The second kappa shape index (κ2) is 11.0. The van der Waals surface area contributed by atoms with E-state index in [0.717, 1.165) is 22.2 Å².